The van der Waals surface area contributed by atoms with Crippen molar-refractivity contribution in [2.24, 2.45) is 0 Å². The molecule has 1 unspecified atom stereocenters. The molecule has 0 spiro atoms. The number of fused-ring (bicyclic) bond motifs is 3. The Balaban J connectivity index is 1.90. The second-order valence-corrected chi connectivity index (χ2v) is 5.97. The fraction of sp³-hybridized carbons (Fsp3) is 0.211. The van der Waals surface area contributed by atoms with Gasteiger partial charge in [0.25, 0.3) is 0 Å². The van der Waals surface area contributed by atoms with E-state index in [1.54, 1.807) is 17.0 Å². The molecule has 1 amide bonds. The highest BCUT2D eigenvalue weighted by Gasteiger charge is 2.34. The number of rotatable bonds is 1. The van der Waals surface area contributed by atoms with Gasteiger partial charge in [-0.3, -0.25) is 4.90 Å². The topological polar surface area (TPSA) is 65.6 Å². The predicted molar refractivity (Wildman–Crippen MR) is 91.1 cm³/mol. The lowest BCUT2D eigenvalue weighted by Crippen LogP contribution is -2.40. The maximum absolute atomic E-state index is 12.3. The highest BCUT2D eigenvalue weighted by atomic mass is 16.5. The third kappa shape index (κ3) is 2.21. The zero-order chi connectivity index (χ0) is 16.7. The van der Waals surface area contributed by atoms with Crippen molar-refractivity contribution in [2.45, 2.75) is 12.5 Å². The van der Waals surface area contributed by atoms with Crippen LogP contribution in [0.1, 0.15) is 22.9 Å². The van der Waals surface area contributed by atoms with Gasteiger partial charge < -0.3 is 14.8 Å². The number of methoxy groups -OCH3 is 1. The molecule has 1 atom stereocenters. The molecule has 122 valence electrons. The van der Waals surface area contributed by atoms with E-state index in [2.05, 4.69) is 11.1 Å². The highest BCUT2D eigenvalue weighted by Crippen LogP contribution is 2.38. The summed E-state index contributed by atoms with van der Waals surface area (Å²) in [6.45, 7) is 0.590. The average molecular weight is 322 g/mol. The standard InChI is InChI=1S/C19H18N2O3/c1-24-19(23)21-11-10-15-14-4-2-3-5-16(14)20-17(15)18(21)12-6-8-13(22)9-7-12/h2-9,18,20,22H,10-11H2,1H3. The first-order chi connectivity index (χ1) is 11.7. The summed E-state index contributed by atoms with van der Waals surface area (Å²) in [7, 11) is 1.40. The normalized spacial score (nSPS) is 16.9. The van der Waals surface area contributed by atoms with Crippen LogP contribution in [0.5, 0.6) is 5.75 Å². The molecule has 0 radical (unpaired) electrons. The first-order valence-electron chi connectivity index (χ1n) is 7.92. The summed E-state index contributed by atoms with van der Waals surface area (Å²) in [5.74, 6) is 0.205. The van der Waals surface area contributed by atoms with E-state index in [1.807, 2.05) is 30.3 Å². The molecular weight excluding hydrogens is 304 g/mol. The molecule has 2 heterocycles. The summed E-state index contributed by atoms with van der Waals surface area (Å²) in [6.07, 6.45) is 0.431. The third-order valence-corrected chi connectivity index (χ3v) is 4.65. The number of aromatic amines is 1. The molecule has 1 aromatic heterocycles. The molecule has 24 heavy (non-hydrogen) atoms. The minimum atomic E-state index is -0.350. The van der Waals surface area contributed by atoms with Crippen LogP contribution >= 0.6 is 0 Å². The zero-order valence-electron chi connectivity index (χ0n) is 13.3. The first kappa shape index (κ1) is 14.6. The fourth-order valence-corrected chi connectivity index (χ4v) is 3.56. The van der Waals surface area contributed by atoms with Gasteiger partial charge in [-0.1, -0.05) is 30.3 Å². The molecule has 0 saturated heterocycles. The van der Waals surface area contributed by atoms with E-state index in [0.29, 0.717) is 6.54 Å². The molecule has 0 aliphatic carbocycles. The van der Waals surface area contributed by atoms with E-state index in [0.717, 1.165) is 23.2 Å². The Kier molecular flexibility index (Phi) is 3.41. The number of H-pyrrole nitrogens is 1. The number of hydrogen-bond acceptors (Lipinski definition) is 3. The number of aromatic hydroxyl groups is 1. The summed E-state index contributed by atoms with van der Waals surface area (Å²) in [5.41, 5.74) is 4.26. The van der Waals surface area contributed by atoms with Crippen LogP contribution in [0.3, 0.4) is 0 Å². The van der Waals surface area contributed by atoms with E-state index in [4.69, 9.17) is 4.74 Å². The van der Waals surface area contributed by atoms with Gasteiger partial charge in [0.1, 0.15) is 11.8 Å². The van der Waals surface area contributed by atoms with Crippen LogP contribution in [0, 0.1) is 0 Å². The van der Waals surface area contributed by atoms with Gasteiger partial charge in [0.15, 0.2) is 0 Å². The Morgan fingerprint density at radius 2 is 1.96 bits per heavy atom. The lowest BCUT2D eigenvalue weighted by molar-refractivity contribution is 0.108. The number of benzene rings is 2. The largest absolute Gasteiger partial charge is 0.508 e. The molecule has 2 N–H and O–H groups in total. The number of phenolic OH excluding ortho intramolecular Hbond substituents is 1. The van der Waals surface area contributed by atoms with Gasteiger partial charge in [0, 0.05) is 23.1 Å². The van der Waals surface area contributed by atoms with Gasteiger partial charge in [-0.05, 0) is 35.7 Å². The number of phenols is 1. The number of nitrogens with one attached hydrogen (secondary N) is 1. The van der Waals surface area contributed by atoms with E-state index < -0.39 is 0 Å². The first-order valence-corrected chi connectivity index (χ1v) is 7.92. The lowest BCUT2D eigenvalue weighted by Gasteiger charge is -2.35. The van der Waals surface area contributed by atoms with E-state index >= 15 is 0 Å². The quantitative estimate of drug-likeness (QED) is 0.719. The van der Waals surface area contributed by atoms with Crippen molar-refractivity contribution in [3.05, 3.63) is 65.4 Å². The lowest BCUT2D eigenvalue weighted by atomic mass is 9.92. The van der Waals surface area contributed by atoms with Crippen LogP contribution in [-0.2, 0) is 11.2 Å². The Labute approximate surface area is 139 Å². The van der Waals surface area contributed by atoms with Crippen LogP contribution < -0.4 is 0 Å². The minimum absolute atomic E-state index is 0.205. The SMILES string of the molecule is COC(=O)N1CCc2c([nH]c3ccccc23)C1c1ccc(O)cc1. The van der Waals surface area contributed by atoms with Crippen LogP contribution in [-0.4, -0.2) is 34.7 Å². The molecule has 1 aliphatic heterocycles. The Hall–Kier alpha value is -2.95. The molecule has 5 nitrogen and oxygen atoms in total. The molecule has 0 fully saturated rings. The number of hydrogen-bond donors (Lipinski definition) is 2. The molecular formula is C19H18N2O3. The number of carbonyl (C=O) groups is 1. The number of amides is 1. The maximum atomic E-state index is 12.3. The van der Waals surface area contributed by atoms with Gasteiger partial charge >= 0.3 is 6.09 Å². The van der Waals surface area contributed by atoms with Gasteiger partial charge in [-0.2, -0.15) is 0 Å². The van der Waals surface area contributed by atoms with Crippen molar-refractivity contribution in [1.82, 2.24) is 9.88 Å². The van der Waals surface area contributed by atoms with E-state index in [9.17, 15) is 9.90 Å². The van der Waals surface area contributed by atoms with Crippen molar-refractivity contribution in [2.75, 3.05) is 13.7 Å². The predicted octanol–water partition coefficient (Wildman–Crippen LogP) is 3.59. The van der Waals surface area contributed by atoms with E-state index in [1.165, 1.54) is 18.1 Å². The third-order valence-electron chi connectivity index (χ3n) is 4.65. The molecule has 2 aromatic carbocycles. The second kappa shape index (κ2) is 5.60. The number of carbonyl (C=O) groups excluding carboxylic acids is 1. The van der Waals surface area contributed by atoms with Crippen molar-refractivity contribution in [3.8, 4) is 5.75 Å². The molecule has 1 aliphatic rings. The van der Waals surface area contributed by atoms with Crippen molar-refractivity contribution >= 4 is 17.0 Å². The average Bonchev–Trinajstić information content (AvgIpc) is 3.00. The number of ether oxygens (including phenoxy) is 1. The Bertz CT molecular complexity index is 899. The number of aromatic nitrogens is 1. The summed E-state index contributed by atoms with van der Waals surface area (Å²) < 4.78 is 4.98. The number of para-hydroxylation sites is 1. The Morgan fingerprint density at radius 3 is 2.71 bits per heavy atom. The monoisotopic (exact) mass is 322 g/mol. The molecule has 4 rings (SSSR count). The van der Waals surface area contributed by atoms with Crippen LogP contribution in [0.25, 0.3) is 10.9 Å². The van der Waals surface area contributed by atoms with Gasteiger partial charge in [-0.25, -0.2) is 4.79 Å². The van der Waals surface area contributed by atoms with Gasteiger partial charge in [-0.15, -0.1) is 0 Å². The van der Waals surface area contributed by atoms with Crippen molar-refractivity contribution < 1.29 is 14.6 Å². The molecule has 0 saturated carbocycles. The van der Waals surface area contributed by atoms with E-state index in [-0.39, 0.29) is 17.9 Å². The number of nitrogens with zero attached hydrogens (tertiary/aromatic N) is 1. The Morgan fingerprint density at radius 1 is 1.21 bits per heavy atom. The molecule has 3 aromatic rings. The summed E-state index contributed by atoms with van der Waals surface area (Å²) >= 11 is 0. The molecule has 5 heteroatoms. The van der Waals surface area contributed by atoms with Crippen molar-refractivity contribution in [3.63, 3.8) is 0 Å². The van der Waals surface area contributed by atoms with Crippen LogP contribution in [0.15, 0.2) is 48.5 Å². The van der Waals surface area contributed by atoms with Crippen LogP contribution in [0.2, 0.25) is 0 Å². The van der Waals surface area contributed by atoms with Crippen LogP contribution in [0.4, 0.5) is 4.79 Å². The summed E-state index contributed by atoms with van der Waals surface area (Å²) in [4.78, 5) is 17.5. The summed E-state index contributed by atoms with van der Waals surface area (Å²) in [6, 6.07) is 14.9. The maximum Gasteiger partial charge on any atom is 0.410 e. The second-order valence-electron chi connectivity index (χ2n) is 5.97. The molecule has 0 bridgehead atoms. The zero-order valence-corrected chi connectivity index (χ0v) is 13.3. The summed E-state index contributed by atoms with van der Waals surface area (Å²) in [5, 5.41) is 10.8. The minimum Gasteiger partial charge on any atom is -0.508 e. The van der Waals surface area contributed by atoms with Gasteiger partial charge in [0.05, 0.1) is 7.11 Å². The fourth-order valence-electron chi connectivity index (χ4n) is 3.56. The highest BCUT2D eigenvalue weighted by molar-refractivity contribution is 5.86. The van der Waals surface area contributed by atoms with Gasteiger partial charge in [0.2, 0.25) is 0 Å². The van der Waals surface area contributed by atoms with Crippen molar-refractivity contribution in [1.29, 1.82) is 0 Å². The smallest absolute Gasteiger partial charge is 0.410 e.